The summed E-state index contributed by atoms with van der Waals surface area (Å²) in [5.41, 5.74) is 4.56. The second-order valence-corrected chi connectivity index (χ2v) is 8.25. The summed E-state index contributed by atoms with van der Waals surface area (Å²) in [6.07, 6.45) is 0. The van der Waals surface area contributed by atoms with Crippen LogP contribution in [0.5, 0.6) is 0 Å². The van der Waals surface area contributed by atoms with Crippen molar-refractivity contribution in [3.8, 4) is 11.4 Å². The van der Waals surface area contributed by atoms with E-state index in [1.807, 2.05) is 51.1 Å². The predicted molar refractivity (Wildman–Crippen MR) is 96.0 cm³/mol. The molecule has 0 saturated heterocycles. The Hall–Kier alpha value is -2.47. The first-order valence-electron chi connectivity index (χ1n) is 7.97. The van der Waals surface area contributed by atoms with Crippen LogP contribution in [0.3, 0.4) is 0 Å². The minimum Gasteiger partial charge on any atom is -0.338 e. The number of benzene rings is 2. The molecule has 0 aliphatic carbocycles. The van der Waals surface area contributed by atoms with Crippen LogP contribution >= 0.6 is 0 Å². The van der Waals surface area contributed by atoms with Gasteiger partial charge in [0.2, 0.25) is 11.7 Å². The van der Waals surface area contributed by atoms with E-state index in [4.69, 9.17) is 4.52 Å². The van der Waals surface area contributed by atoms with Crippen LogP contribution in [0.15, 0.2) is 45.8 Å². The molecule has 6 heteroatoms. The SMILES string of the molecule is Cc1cc(C)c(S(=O)(=O)Cc2nc(-c3ccccc3C)no2)cc1C. The summed E-state index contributed by atoms with van der Waals surface area (Å²) >= 11 is 0. The number of hydrogen-bond donors (Lipinski definition) is 0. The Morgan fingerprint density at radius 3 is 2.32 bits per heavy atom. The van der Waals surface area contributed by atoms with Crippen molar-refractivity contribution in [2.75, 3.05) is 0 Å². The van der Waals surface area contributed by atoms with E-state index in [1.165, 1.54) is 0 Å². The van der Waals surface area contributed by atoms with E-state index in [9.17, 15) is 8.42 Å². The molecular formula is C19H20N2O3S. The highest BCUT2D eigenvalue weighted by molar-refractivity contribution is 7.90. The average Bonchev–Trinajstić information content (AvgIpc) is 2.98. The average molecular weight is 356 g/mol. The first-order chi connectivity index (χ1) is 11.8. The van der Waals surface area contributed by atoms with Gasteiger partial charge in [0.1, 0.15) is 5.75 Å². The minimum absolute atomic E-state index is 0.0934. The van der Waals surface area contributed by atoms with Gasteiger partial charge in [-0.25, -0.2) is 8.42 Å². The van der Waals surface area contributed by atoms with Gasteiger partial charge in [-0.05, 0) is 56.0 Å². The quantitative estimate of drug-likeness (QED) is 0.708. The predicted octanol–water partition coefficient (Wildman–Crippen LogP) is 3.94. The van der Waals surface area contributed by atoms with Crippen molar-refractivity contribution < 1.29 is 12.9 Å². The van der Waals surface area contributed by atoms with Crippen molar-refractivity contribution in [2.45, 2.75) is 38.3 Å². The minimum atomic E-state index is -3.56. The Balaban J connectivity index is 1.93. The van der Waals surface area contributed by atoms with E-state index in [-0.39, 0.29) is 11.6 Å². The van der Waals surface area contributed by atoms with Gasteiger partial charge < -0.3 is 4.52 Å². The van der Waals surface area contributed by atoms with Crippen LogP contribution < -0.4 is 0 Å². The maximum absolute atomic E-state index is 12.8. The molecule has 0 bridgehead atoms. The molecule has 0 amide bonds. The third-order valence-corrected chi connectivity index (χ3v) is 6.03. The van der Waals surface area contributed by atoms with E-state index in [0.717, 1.165) is 27.8 Å². The molecule has 0 unspecified atom stereocenters. The summed E-state index contributed by atoms with van der Waals surface area (Å²) in [6.45, 7) is 7.61. The number of hydrogen-bond acceptors (Lipinski definition) is 5. The molecular weight excluding hydrogens is 336 g/mol. The largest absolute Gasteiger partial charge is 0.338 e. The molecule has 0 N–H and O–H groups in total. The lowest BCUT2D eigenvalue weighted by Gasteiger charge is -2.09. The second-order valence-electron chi connectivity index (χ2n) is 6.29. The van der Waals surface area contributed by atoms with Crippen LogP contribution in [0.25, 0.3) is 11.4 Å². The molecule has 130 valence electrons. The number of aromatic nitrogens is 2. The second kappa shape index (κ2) is 6.44. The van der Waals surface area contributed by atoms with Gasteiger partial charge in [-0.2, -0.15) is 4.98 Å². The lowest BCUT2D eigenvalue weighted by Crippen LogP contribution is -2.08. The number of aryl methyl sites for hydroxylation is 4. The van der Waals surface area contributed by atoms with Crippen molar-refractivity contribution in [3.05, 3.63) is 64.5 Å². The number of sulfone groups is 1. The van der Waals surface area contributed by atoms with Gasteiger partial charge in [0.15, 0.2) is 9.84 Å². The van der Waals surface area contributed by atoms with Gasteiger partial charge in [0.05, 0.1) is 4.90 Å². The topological polar surface area (TPSA) is 73.1 Å². The fraction of sp³-hybridized carbons (Fsp3) is 0.263. The van der Waals surface area contributed by atoms with E-state index in [1.54, 1.807) is 13.0 Å². The zero-order chi connectivity index (χ0) is 18.2. The standard InChI is InChI=1S/C19H20N2O3S/c1-12-7-5-6-8-16(12)19-20-18(24-21-19)11-25(22,23)17-10-14(3)13(2)9-15(17)4/h5-10H,11H2,1-4H3. The summed E-state index contributed by atoms with van der Waals surface area (Å²) < 4.78 is 30.7. The molecule has 0 aliphatic heterocycles. The monoisotopic (exact) mass is 356 g/mol. The molecule has 5 nitrogen and oxygen atoms in total. The molecule has 0 atom stereocenters. The van der Waals surface area contributed by atoms with Crippen molar-refractivity contribution >= 4 is 9.84 Å². The third kappa shape index (κ3) is 3.49. The Bertz CT molecular complexity index is 1040. The van der Waals surface area contributed by atoms with E-state index in [0.29, 0.717) is 10.7 Å². The summed E-state index contributed by atoms with van der Waals surface area (Å²) in [7, 11) is -3.56. The van der Waals surface area contributed by atoms with Gasteiger partial charge >= 0.3 is 0 Å². The fourth-order valence-electron chi connectivity index (χ4n) is 2.76. The van der Waals surface area contributed by atoms with Crippen LogP contribution in [0, 0.1) is 27.7 Å². The molecule has 1 aromatic heterocycles. The van der Waals surface area contributed by atoms with E-state index < -0.39 is 9.84 Å². The summed E-state index contributed by atoms with van der Waals surface area (Å²) in [6, 6.07) is 11.2. The highest BCUT2D eigenvalue weighted by Crippen LogP contribution is 2.25. The van der Waals surface area contributed by atoms with Gasteiger partial charge in [0, 0.05) is 5.56 Å². The van der Waals surface area contributed by atoms with Crippen molar-refractivity contribution in [1.82, 2.24) is 10.1 Å². The first-order valence-corrected chi connectivity index (χ1v) is 9.62. The fourth-order valence-corrected chi connectivity index (χ4v) is 4.26. The number of nitrogens with zero attached hydrogens (tertiary/aromatic N) is 2. The number of rotatable bonds is 4. The zero-order valence-electron chi connectivity index (χ0n) is 14.7. The molecule has 1 heterocycles. The van der Waals surface area contributed by atoms with Gasteiger partial charge in [0.25, 0.3) is 0 Å². The first kappa shape index (κ1) is 17.4. The van der Waals surface area contributed by atoms with Crippen molar-refractivity contribution in [3.63, 3.8) is 0 Å². The van der Waals surface area contributed by atoms with Crippen LogP contribution in [0.4, 0.5) is 0 Å². The van der Waals surface area contributed by atoms with Crippen LogP contribution in [0.1, 0.15) is 28.1 Å². The molecule has 0 aliphatic rings. The van der Waals surface area contributed by atoms with Crippen LogP contribution in [-0.4, -0.2) is 18.6 Å². The highest BCUT2D eigenvalue weighted by atomic mass is 32.2. The highest BCUT2D eigenvalue weighted by Gasteiger charge is 2.23. The van der Waals surface area contributed by atoms with Gasteiger partial charge in [-0.3, -0.25) is 0 Å². The Morgan fingerprint density at radius 1 is 0.920 bits per heavy atom. The Kier molecular flexibility index (Phi) is 4.47. The third-order valence-electron chi connectivity index (χ3n) is 4.29. The lowest BCUT2D eigenvalue weighted by atomic mass is 10.1. The normalized spacial score (nSPS) is 11.7. The molecule has 2 aromatic carbocycles. The maximum Gasteiger partial charge on any atom is 0.242 e. The van der Waals surface area contributed by atoms with Gasteiger partial charge in [-0.1, -0.05) is 35.5 Å². The zero-order valence-corrected chi connectivity index (χ0v) is 15.5. The summed E-state index contributed by atoms with van der Waals surface area (Å²) in [5.74, 6) is 0.186. The Morgan fingerprint density at radius 2 is 1.60 bits per heavy atom. The summed E-state index contributed by atoms with van der Waals surface area (Å²) in [5, 5.41) is 3.93. The van der Waals surface area contributed by atoms with Crippen molar-refractivity contribution in [1.29, 1.82) is 0 Å². The van der Waals surface area contributed by atoms with Crippen LogP contribution in [0.2, 0.25) is 0 Å². The molecule has 0 saturated carbocycles. The van der Waals surface area contributed by atoms with Crippen molar-refractivity contribution in [2.24, 2.45) is 0 Å². The smallest absolute Gasteiger partial charge is 0.242 e. The molecule has 3 rings (SSSR count). The lowest BCUT2D eigenvalue weighted by molar-refractivity contribution is 0.389. The molecule has 3 aromatic rings. The van der Waals surface area contributed by atoms with E-state index >= 15 is 0 Å². The molecule has 25 heavy (non-hydrogen) atoms. The van der Waals surface area contributed by atoms with Crippen LogP contribution in [-0.2, 0) is 15.6 Å². The summed E-state index contributed by atoms with van der Waals surface area (Å²) in [4.78, 5) is 4.58. The molecule has 0 fully saturated rings. The Labute approximate surface area is 147 Å². The molecule has 0 spiro atoms. The molecule has 0 radical (unpaired) electrons. The maximum atomic E-state index is 12.8. The van der Waals surface area contributed by atoms with Gasteiger partial charge in [-0.15, -0.1) is 0 Å². The van der Waals surface area contributed by atoms with E-state index in [2.05, 4.69) is 10.1 Å².